The Morgan fingerprint density at radius 1 is 1.16 bits per heavy atom. The maximum atomic E-state index is 11.5. The monoisotopic (exact) mass is 336 g/mol. The fourth-order valence-corrected chi connectivity index (χ4v) is 3.08. The molecule has 0 aliphatic carbocycles. The van der Waals surface area contributed by atoms with E-state index in [1.807, 2.05) is 12.1 Å². The Hall–Kier alpha value is -2.75. The zero-order valence-corrected chi connectivity index (χ0v) is 15.0. The first-order chi connectivity index (χ1) is 12.1. The Bertz CT molecular complexity index is 794. The number of rotatable bonds is 3. The van der Waals surface area contributed by atoms with E-state index < -0.39 is 0 Å². The fourth-order valence-electron chi connectivity index (χ4n) is 3.08. The highest BCUT2D eigenvalue weighted by Gasteiger charge is 2.12. The van der Waals surface area contributed by atoms with Crippen LogP contribution in [0.3, 0.4) is 0 Å². The number of benzene rings is 2. The van der Waals surface area contributed by atoms with Crippen molar-refractivity contribution in [1.29, 1.82) is 0 Å². The summed E-state index contributed by atoms with van der Waals surface area (Å²) in [4.78, 5) is 13.8. The van der Waals surface area contributed by atoms with E-state index in [0.717, 1.165) is 25.1 Å². The number of hydrogen-bond donors (Lipinski definition) is 1. The number of ether oxygens (including phenoxy) is 1. The Labute approximate surface area is 149 Å². The maximum Gasteiger partial charge on any atom is 0.337 e. The van der Waals surface area contributed by atoms with Crippen molar-refractivity contribution in [3.8, 4) is 0 Å². The van der Waals surface area contributed by atoms with Crippen molar-refractivity contribution in [2.75, 3.05) is 37.5 Å². The van der Waals surface area contributed by atoms with Crippen LogP contribution in [0.15, 0.2) is 42.5 Å². The van der Waals surface area contributed by atoms with Gasteiger partial charge in [0.05, 0.1) is 24.0 Å². The number of fused-ring (bicyclic) bond motifs is 1. The van der Waals surface area contributed by atoms with E-state index in [4.69, 9.17) is 4.74 Å². The van der Waals surface area contributed by atoms with Crippen LogP contribution >= 0.6 is 0 Å². The van der Waals surface area contributed by atoms with Gasteiger partial charge in [-0.25, -0.2) is 4.79 Å². The van der Waals surface area contributed by atoms with Crippen LogP contribution in [-0.4, -0.2) is 33.2 Å². The molecule has 0 bridgehead atoms. The third kappa shape index (κ3) is 3.85. The molecule has 0 saturated carbocycles. The standard InChI is InChI=1S/C21H24N2O2/c1-15(13-16-5-7-17(8-6-16)21(24)25-3)18-9-10-20-19(14-18)22-11-4-12-23(20)2/h5-10,13-14,22H,4,11-12H2,1-3H3/b15-13+. The highest BCUT2D eigenvalue weighted by atomic mass is 16.5. The van der Waals surface area contributed by atoms with Crippen LogP contribution in [0.25, 0.3) is 11.6 Å². The summed E-state index contributed by atoms with van der Waals surface area (Å²) >= 11 is 0. The predicted octanol–water partition coefficient (Wildman–Crippen LogP) is 4.29. The van der Waals surface area contributed by atoms with E-state index in [1.165, 1.54) is 29.6 Å². The summed E-state index contributed by atoms with van der Waals surface area (Å²) in [6.07, 6.45) is 3.27. The maximum absolute atomic E-state index is 11.5. The normalized spacial score (nSPS) is 14.4. The first-order valence-corrected chi connectivity index (χ1v) is 8.54. The number of carbonyl (C=O) groups excluding carboxylic acids is 1. The van der Waals surface area contributed by atoms with E-state index in [9.17, 15) is 4.79 Å². The largest absolute Gasteiger partial charge is 0.465 e. The number of carbonyl (C=O) groups is 1. The minimum absolute atomic E-state index is 0.312. The molecule has 0 atom stereocenters. The van der Waals surface area contributed by atoms with Crippen LogP contribution in [0.5, 0.6) is 0 Å². The predicted molar refractivity (Wildman–Crippen MR) is 104 cm³/mol. The molecule has 0 spiro atoms. The van der Waals surface area contributed by atoms with E-state index >= 15 is 0 Å². The van der Waals surface area contributed by atoms with E-state index in [2.05, 4.69) is 48.5 Å². The van der Waals surface area contributed by atoms with Crippen molar-refractivity contribution in [3.63, 3.8) is 0 Å². The van der Waals surface area contributed by atoms with E-state index in [-0.39, 0.29) is 5.97 Å². The molecule has 0 unspecified atom stereocenters. The minimum Gasteiger partial charge on any atom is -0.465 e. The summed E-state index contributed by atoms with van der Waals surface area (Å²) in [5, 5.41) is 3.52. The lowest BCUT2D eigenvalue weighted by atomic mass is 10.0. The molecule has 0 aromatic heterocycles. The van der Waals surface area contributed by atoms with Gasteiger partial charge >= 0.3 is 5.97 Å². The zero-order chi connectivity index (χ0) is 17.8. The van der Waals surface area contributed by atoms with E-state index in [1.54, 1.807) is 12.1 Å². The summed E-state index contributed by atoms with van der Waals surface area (Å²) in [6.45, 7) is 4.18. The molecule has 1 aliphatic rings. The zero-order valence-electron chi connectivity index (χ0n) is 15.0. The number of anilines is 2. The van der Waals surface area contributed by atoms with Gasteiger partial charge in [-0.15, -0.1) is 0 Å². The number of nitrogens with zero attached hydrogens (tertiary/aromatic N) is 1. The molecular formula is C21H24N2O2. The molecule has 130 valence electrons. The van der Waals surface area contributed by atoms with Crippen molar-refractivity contribution in [2.24, 2.45) is 0 Å². The molecule has 2 aromatic rings. The first kappa shape index (κ1) is 17.1. The fraction of sp³-hybridized carbons (Fsp3) is 0.286. The van der Waals surface area contributed by atoms with E-state index in [0.29, 0.717) is 5.56 Å². The van der Waals surface area contributed by atoms with Gasteiger partial charge in [-0.1, -0.05) is 24.3 Å². The molecular weight excluding hydrogens is 312 g/mol. The molecule has 2 aromatic carbocycles. The van der Waals surface area contributed by atoms with Gasteiger partial charge in [0.15, 0.2) is 0 Å². The number of methoxy groups -OCH3 is 1. The molecule has 25 heavy (non-hydrogen) atoms. The Morgan fingerprint density at radius 3 is 2.60 bits per heavy atom. The van der Waals surface area contributed by atoms with Gasteiger partial charge in [0.2, 0.25) is 0 Å². The van der Waals surface area contributed by atoms with Crippen molar-refractivity contribution in [3.05, 3.63) is 59.2 Å². The Kier molecular flexibility index (Phi) is 5.08. The highest BCUT2D eigenvalue weighted by Crippen LogP contribution is 2.31. The lowest BCUT2D eigenvalue weighted by Gasteiger charge is -2.19. The van der Waals surface area contributed by atoms with Crippen LogP contribution in [0.1, 0.15) is 34.8 Å². The smallest absolute Gasteiger partial charge is 0.337 e. The first-order valence-electron chi connectivity index (χ1n) is 8.54. The van der Waals surface area contributed by atoms with Crippen molar-refractivity contribution in [2.45, 2.75) is 13.3 Å². The van der Waals surface area contributed by atoms with Crippen LogP contribution in [0, 0.1) is 0 Å². The molecule has 1 N–H and O–H groups in total. The van der Waals surface area contributed by atoms with Gasteiger partial charge < -0.3 is 15.0 Å². The second-order valence-electron chi connectivity index (χ2n) is 6.37. The molecule has 0 amide bonds. The average molecular weight is 336 g/mol. The molecule has 0 fully saturated rings. The molecule has 1 heterocycles. The average Bonchev–Trinajstić information content (AvgIpc) is 2.82. The topological polar surface area (TPSA) is 41.6 Å². The van der Waals surface area contributed by atoms with Crippen molar-refractivity contribution in [1.82, 2.24) is 0 Å². The molecule has 3 rings (SSSR count). The lowest BCUT2D eigenvalue weighted by Crippen LogP contribution is -2.17. The number of hydrogen-bond acceptors (Lipinski definition) is 4. The molecule has 1 aliphatic heterocycles. The van der Waals surface area contributed by atoms with Gasteiger partial charge in [-0.05, 0) is 54.3 Å². The molecule has 0 radical (unpaired) electrons. The van der Waals surface area contributed by atoms with Crippen molar-refractivity contribution >= 4 is 29.0 Å². The third-order valence-corrected chi connectivity index (χ3v) is 4.56. The van der Waals surface area contributed by atoms with Gasteiger partial charge in [-0.3, -0.25) is 0 Å². The van der Waals surface area contributed by atoms with Gasteiger partial charge in [0, 0.05) is 20.1 Å². The van der Waals surface area contributed by atoms with Crippen molar-refractivity contribution < 1.29 is 9.53 Å². The number of allylic oxidation sites excluding steroid dienone is 1. The number of nitrogens with one attached hydrogen (secondary N) is 1. The summed E-state index contributed by atoms with van der Waals surface area (Å²) in [7, 11) is 3.53. The van der Waals surface area contributed by atoms with Crippen LogP contribution in [0.4, 0.5) is 11.4 Å². The van der Waals surface area contributed by atoms with Gasteiger partial charge in [-0.2, -0.15) is 0 Å². The summed E-state index contributed by atoms with van der Waals surface area (Å²) < 4.78 is 4.73. The molecule has 4 nitrogen and oxygen atoms in total. The second kappa shape index (κ2) is 7.43. The minimum atomic E-state index is -0.312. The van der Waals surface area contributed by atoms with Crippen LogP contribution in [-0.2, 0) is 4.74 Å². The highest BCUT2D eigenvalue weighted by molar-refractivity contribution is 5.90. The quantitative estimate of drug-likeness (QED) is 0.671. The summed E-state index contributed by atoms with van der Waals surface area (Å²) in [5.41, 5.74) is 6.43. The van der Waals surface area contributed by atoms with Crippen LogP contribution < -0.4 is 10.2 Å². The van der Waals surface area contributed by atoms with Gasteiger partial charge in [0.25, 0.3) is 0 Å². The Balaban J connectivity index is 1.85. The third-order valence-electron chi connectivity index (χ3n) is 4.56. The molecule has 0 saturated heterocycles. The SMILES string of the molecule is COC(=O)c1ccc(/C=C(\C)c2ccc3c(c2)NCCCN3C)cc1. The van der Waals surface area contributed by atoms with Gasteiger partial charge in [0.1, 0.15) is 0 Å². The lowest BCUT2D eigenvalue weighted by molar-refractivity contribution is 0.0600. The second-order valence-corrected chi connectivity index (χ2v) is 6.37. The van der Waals surface area contributed by atoms with Crippen LogP contribution in [0.2, 0.25) is 0 Å². The Morgan fingerprint density at radius 2 is 1.88 bits per heavy atom. The summed E-state index contributed by atoms with van der Waals surface area (Å²) in [6, 6.07) is 14.0. The molecule has 4 heteroatoms. The number of esters is 1. The summed E-state index contributed by atoms with van der Waals surface area (Å²) in [5.74, 6) is -0.312.